The number of nitro benzene ring substituents is 1. The van der Waals surface area contributed by atoms with E-state index in [0.29, 0.717) is 0 Å². The van der Waals surface area contributed by atoms with Gasteiger partial charge in [-0.15, -0.1) is 0 Å². The zero-order chi connectivity index (χ0) is 12.6. The van der Waals surface area contributed by atoms with E-state index in [4.69, 9.17) is 0 Å². The van der Waals surface area contributed by atoms with Gasteiger partial charge in [-0.3, -0.25) is 15.1 Å². The van der Waals surface area contributed by atoms with Crippen molar-refractivity contribution in [2.45, 2.75) is 4.90 Å². The van der Waals surface area contributed by atoms with Gasteiger partial charge >= 0.3 is 0 Å². The third-order valence-corrected chi connectivity index (χ3v) is 3.55. The Balaban J connectivity index is 2.63. The lowest BCUT2D eigenvalue weighted by Crippen LogP contribution is -2.40. The van der Waals surface area contributed by atoms with Crippen LogP contribution in [-0.2, 0) is 10.0 Å². The molecule has 0 bridgehead atoms. The number of sulfonamides is 1. The Labute approximate surface area is 96.6 Å². The van der Waals surface area contributed by atoms with Crippen molar-refractivity contribution < 1.29 is 13.3 Å². The molecule has 1 aliphatic heterocycles. The number of rotatable bonds is 1. The molecule has 90 valence electrons. The molecule has 1 aromatic rings. The molecular weight excluding hydrogens is 248 g/mol. The van der Waals surface area contributed by atoms with Gasteiger partial charge in [-0.05, 0) is 6.07 Å². The summed E-state index contributed by atoms with van der Waals surface area (Å²) in [4.78, 5) is 13.4. The summed E-state index contributed by atoms with van der Waals surface area (Å²) in [7, 11) is -2.39. The van der Waals surface area contributed by atoms with Crippen molar-refractivity contribution in [3.05, 3.63) is 28.3 Å². The SMILES string of the molecule is CN=C1Nc2ccc([N+](=O)[O-])cc2S(=O)(=O)N1. The van der Waals surface area contributed by atoms with Crippen molar-refractivity contribution in [3.63, 3.8) is 0 Å². The lowest BCUT2D eigenvalue weighted by molar-refractivity contribution is -0.385. The average Bonchev–Trinajstić information content (AvgIpc) is 2.27. The van der Waals surface area contributed by atoms with Crippen molar-refractivity contribution in [3.8, 4) is 0 Å². The molecule has 0 aromatic heterocycles. The maximum Gasteiger partial charge on any atom is 0.270 e. The van der Waals surface area contributed by atoms with Gasteiger partial charge in [-0.25, -0.2) is 13.1 Å². The molecule has 0 unspecified atom stereocenters. The lowest BCUT2D eigenvalue weighted by atomic mass is 10.3. The molecule has 1 aromatic carbocycles. The molecule has 0 saturated carbocycles. The van der Waals surface area contributed by atoms with Gasteiger partial charge in [-0.2, -0.15) is 0 Å². The molecule has 0 amide bonds. The normalized spacial score (nSPS) is 19.0. The molecule has 0 atom stereocenters. The first-order chi connectivity index (χ1) is 7.94. The summed E-state index contributed by atoms with van der Waals surface area (Å²) in [5.74, 6) is 0.0753. The summed E-state index contributed by atoms with van der Waals surface area (Å²) < 4.78 is 25.7. The van der Waals surface area contributed by atoms with Gasteiger partial charge in [-0.1, -0.05) is 0 Å². The number of nitrogens with one attached hydrogen (secondary N) is 2. The highest BCUT2D eigenvalue weighted by Crippen LogP contribution is 2.28. The van der Waals surface area contributed by atoms with Crippen LogP contribution < -0.4 is 10.0 Å². The minimum absolute atomic E-state index is 0.0753. The number of nitrogens with zero attached hydrogens (tertiary/aromatic N) is 2. The largest absolute Gasteiger partial charge is 0.324 e. The van der Waals surface area contributed by atoms with E-state index >= 15 is 0 Å². The molecule has 2 rings (SSSR count). The Kier molecular flexibility index (Phi) is 2.46. The number of aliphatic imine (C=N–C) groups is 1. The van der Waals surface area contributed by atoms with Crippen LogP contribution in [0.2, 0.25) is 0 Å². The van der Waals surface area contributed by atoms with Crippen LogP contribution in [-0.4, -0.2) is 26.3 Å². The fourth-order valence-corrected chi connectivity index (χ4v) is 2.58. The van der Waals surface area contributed by atoms with Gasteiger partial charge in [0, 0.05) is 19.2 Å². The van der Waals surface area contributed by atoms with Gasteiger partial charge in [0.15, 0.2) is 0 Å². The zero-order valence-electron chi connectivity index (χ0n) is 8.67. The first-order valence-electron chi connectivity index (χ1n) is 4.49. The highest BCUT2D eigenvalue weighted by molar-refractivity contribution is 7.90. The zero-order valence-corrected chi connectivity index (χ0v) is 9.48. The predicted molar refractivity (Wildman–Crippen MR) is 60.4 cm³/mol. The van der Waals surface area contributed by atoms with E-state index in [0.717, 1.165) is 6.07 Å². The number of hydrogen-bond acceptors (Lipinski definition) is 5. The molecule has 0 aliphatic carbocycles. The van der Waals surface area contributed by atoms with Crippen LogP contribution in [0.3, 0.4) is 0 Å². The first-order valence-corrected chi connectivity index (χ1v) is 5.97. The first kappa shape index (κ1) is 11.3. The average molecular weight is 256 g/mol. The smallest absolute Gasteiger partial charge is 0.270 e. The van der Waals surface area contributed by atoms with Crippen molar-refractivity contribution in [2.75, 3.05) is 12.4 Å². The molecule has 2 N–H and O–H groups in total. The molecule has 0 fully saturated rings. The fourth-order valence-electron chi connectivity index (χ4n) is 1.39. The summed E-state index contributed by atoms with van der Waals surface area (Å²) in [6.07, 6.45) is 0. The van der Waals surface area contributed by atoms with Crippen LogP contribution in [0.4, 0.5) is 11.4 Å². The lowest BCUT2D eigenvalue weighted by Gasteiger charge is -2.20. The van der Waals surface area contributed by atoms with Crippen molar-refractivity contribution in [1.29, 1.82) is 0 Å². The Bertz CT molecular complexity index is 622. The van der Waals surface area contributed by atoms with Gasteiger partial charge in [0.05, 0.1) is 10.6 Å². The Morgan fingerprint density at radius 2 is 2.12 bits per heavy atom. The minimum Gasteiger partial charge on any atom is -0.324 e. The maximum absolute atomic E-state index is 11.8. The third kappa shape index (κ3) is 1.91. The van der Waals surface area contributed by atoms with Gasteiger partial charge < -0.3 is 5.32 Å². The van der Waals surface area contributed by atoms with E-state index in [2.05, 4.69) is 15.0 Å². The molecule has 9 heteroatoms. The van der Waals surface area contributed by atoms with E-state index in [9.17, 15) is 18.5 Å². The molecule has 1 aliphatic rings. The number of guanidine groups is 1. The molecule has 17 heavy (non-hydrogen) atoms. The van der Waals surface area contributed by atoms with Crippen LogP contribution in [0.15, 0.2) is 28.1 Å². The van der Waals surface area contributed by atoms with Crippen LogP contribution >= 0.6 is 0 Å². The Morgan fingerprint density at radius 3 is 2.71 bits per heavy atom. The molecule has 1 heterocycles. The highest BCUT2D eigenvalue weighted by Gasteiger charge is 2.28. The number of anilines is 1. The topological polar surface area (TPSA) is 114 Å². The number of fused-ring (bicyclic) bond motifs is 1. The minimum atomic E-state index is -3.81. The number of hydrogen-bond donors (Lipinski definition) is 2. The Morgan fingerprint density at radius 1 is 1.41 bits per heavy atom. The number of non-ortho nitro benzene ring substituents is 1. The van der Waals surface area contributed by atoms with Crippen LogP contribution in [0.25, 0.3) is 0 Å². The summed E-state index contributed by atoms with van der Waals surface area (Å²) in [5.41, 5.74) is -0.0252. The predicted octanol–water partition coefficient (Wildman–Crippen LogP) is 0.284. The molecule has 8 nitrogen and oxygen atoms in total. The van der Waals surface area contributed by atoms with Crippen molar-refractivity contribution in [1.82, 2.24) is 4.72 Å². The van der Waals surface area contributed by atoms with Crippen molar-refractivity contribution in [2.24, 2.45) is 4.99 Å². The van der Waals surface area contributed by atoms with Gasteiger partial charge in [0.1, 0.15) is 4.90 Å². The van der Waals surface area contributed by atoms with E-state index in [1.165, 1.54) is 19.2 Å². The number of nitro groups is 1. The second-order valence-electron chi connectivity index (χ2n) is 3.24. The summed E-state index contributed by atoms with van der Waals surface area (Å²) in [5, 5.41) is 13.3. The van der Waals surface area contributed by atoms with Crippen molar-refractivity contribution >= 4 is 27.4 Å². The van der Waals surface area contributed by atoms with E-state index in [1.807, 2.05) is 0 Å². The third-order valence-electron chi connectivity index (χ3n) is 2.17. The summed E-state index contributed by atoms with van der Waals surface area (Å²) in [6.45, 7) is 0. The fraction of sp³-hybridized carbons (Fsp3) is 0.125. The Hall–Kier alpha value is -2.16. The monoisotopic (exact) mass is 256 g/mol. The van der Waals surface area contributed by atoms with Crippen LogP contribution in [0, 0.1) is 10.1 Å². The molecular formula is C8H8N4O4S. The van der Waals surface area contributed by atoms with E-state index < -0.39 is 14.9 Å². The number of benzene rings is 1. The van der Waals surface area contributed by atoms with Crippen LogP contribution in [0.5, 0.6) is 0 Å². The van der Waals surface area contributed by atoms with Crippen LogP contribution in [0.1, 0.15) is 0 Å². The maximum atomic E-state index is 11.8. The standard InChI is InChI=1S/C8H8N4O4S/c1-9-8-10-6-3-2-5(12(13)14)4-7(6)17(15,16)11-8/h2-4H,1H3,(H2,9,10,11). The summed E-state index contributed by atoms with van der Waals surface area (Å²) >= 11 is 0. The quantitative estimate of drug-likeness (QED) is 0.553. The van der Waals surface area contributed by atoms with E-state index in [-0.39, 0.29) is 22.2 Å². The second-order valence-corrected chi connectivity index (χ2v) is 4.89. The molecule has 0 radical (unpaired) electrons. The van der Waals surface area contributed by atoms with Gasteiger partial charge in [0.25, 0.3) is 15.7 Å². The van der Waals surface area contributed by atoms with E-state index in [1.54, 1.807) is 0 Å². The highest BCUT2D eigenvalue weighted by atomic mass is 32.2. The molecule has 0 saturated heterocycles. The molecule has 0 spiro atoms. The van der Waals surface area contributed by atoms with Gasteiger partial charge in [0.2, 0.25) is 5.96 Å². The second kappa shape index (κ2) is 3.70. The summed E-state index contributed by atoms with van der Waals surface area (Å²) in [6, 6.07) is 3.55.